The average Bonchev–Trinajstić information content (AvgIpc) is 2.88. The number of hydrogen-bond donors (Lipinski definition) is 0. The topological polar surface area (TPSA) is 38.7 Å². The SMILES string of the molecule is CC(C)C1(C2=CCCCC2)N=C(c2ccccc2)OC1=O. The third-order valence-electron chi connectivity index (χ3n) is 4.42. The zero-order valence-electron chi connectivity index (χ0n) is 12.6. The molecule has 3 nitrogen and oxygen atoms in total. The van der Waals surface area contributed by atoms with Crippen molar-refractivity contribution in [2.45, 2.75) is 45.1 Å². The van der Waals surface area contributed by atoms with Crippen molar-refractivity contribution in [2.75, 3.05) is 0 Å². The van der Waals surface area contributed by atoms with Crippen LogP contribution in [0, 0.1) is 5.92 Å². The lowest BCUT2D eigenvalue weighted by atomic mass is 9.76. The van der Waals surface area contributed by atoms with Gasteiger partial charge in [-0.15, -0.1) is 0 Å². The number of esters is 1. The van der Waals surface area contributed by atoms with Gasteiger partial charge in [0, 0.05) is 5.56 Å². The van der Waals surface area contributed by atoms with Crippen molar-refractivity contribution in [3.05, 3.63) is 47.5 Å². The van der Waals surface area contributed by atoms with Gasteiger partial charge in [-0.05, 0) is 49.3 Å². The van der Waals surface area contributed by atoms with Crippen molar-refractivity contribution in [2.24, 2.45) is 10.9 Å². The first-order valence-electron chi connectivity index (χ1n) is 7.71. The summed E-state index contributed by atoms with van der Waals surface area (Å²) in [5.41, 5.74) is 1.19. The summed E-state index contributed by atoms with van der Waals surface area (Å²) in [5.74, 6) is 0.334. The van der Waals surface area contributed by atoms with Gasteiger partial charge < -0.3 is 4.74 Å². The Bertz CT molecular complexity index is 601. The van der Waals surface area contributed by atoms with Gasteiger partial charge in [0.25, 0.3) is 0 Å². The van der Waals surface area contributed by atoms with E-state index in [0.29, 0.717) is 5.90 Å². The molecule has 0 saturated carbocycles. The Hall–Kier alpha value is -1.90. The molecule has 0 spiro atoms. The minimum Gasteiger partial charge on any atom is -0.405 e. The molecule has 0 saturated heterocycles. The number of hydrogen-bond acceptors (Lipinski definition) is 3. The van der Waals surface area contributed by atoms with Gasteiger partial charge in [-0.2, -0.15) is 0 Å². The molecule has 0 fully saturated rings. The maximum Gasteiger partial charge on any atom is 0.345 e. The standard InChI is InChI=1S/C18H21NO2/c1-13(2)18(15-11-7-4-8-12-15)17(20)21-16(19-18)14-9-5-3-6-10-14/h3,5-6,9-11,13H,4,7-8,12H2,1-2H3. The number of ether oxygens (including phenoxy) is 1. The number of allylic oxidation sites excluding steroid dienone is 1. The van der Waals surface area contributed by atoms with Crippen LogP contribution in [0.5, 0.6) is 0 Å². The third-order valence-corrected chi connectivity index (χ3v) is 4.42. The Kier molecular flexibility index (Phi) is 3.66. The second-order valence-electron chi connectivity index (χ2n) is 6.07. The second kappa shape index (κ2) is 5.47. The number of carbonyl (C=O) groups excluding carboxylic acids is 1. The van der Waals surface area contributed by atoms with E-state index in [9.17, 15) is 4.79 Å². The first-order valence-corrected chi connectivity index (χ1v) is 7.71. The number of aliphatic imine (C=N–C) groups is 1. The maximum absolute atomic E-state index is 12.6. The van der Waals surface area contributed by atoms with Crippen LogP contribution in [0.2, 0.25) is 0 Å². The Balaban J connectivity index is 2.06. The Morgan fingerprint density at radius 2 is 1.95 bits per heavy atom. The monoisotopic (exact) mass is 283 g/mol. The lowest BCUT2D eigenvalue weighted by Gasteiger charge is -2.31. The molecule has 21 heavy (non-hydrogen) atoms. The third kappa shape index (κ3) is 2.31. The van der Waals surface area contributed by atoms with Crippen LogP contribution in [0.15, 0.2) is 47.0 Å². The van der Waals surface area contributed by atoms with Crippen LogP contribution in [0.4, 0.5) is 0 Å². The summed E-state index contributed by atoms with van der Waals surface area (Å²) in [6, 6.07) is 9.66. The second-order valence-corrected chi connectivity index (χ2v) is 6.07. The summed E-state index contributed by atoms with van der Waals surface area (Å²) in [5, 5.41) is 0. The summed E-state index contributed by atoms with van der Waals surface area (Å²) in [7, 11) is 0. The zero-order valence-corrected chi connectivity index (χ0v) is 12.6. The number of benzene rings is 1. The molecule has 0 radical (unpaired) electrons. The van der Waals surface area contributed by atoms with E-state index in [1.165, 1.54) is 6.42 Å². The predicted octanol–water partition coefficient (Wildman–Crippen LogP) is 3.89. The summed E-state index contributed by atoms with van der Waals surface area (Å²) < 4.78 is 5.55. The molecule has 110 valence electrons. The molecule has 0 N–H and O–H groups in total. The van der Waals surface area contributed by atoms with Crippen molar-refractivity contribution in [3.8, 4) is 0 Å². The molecule has 0 bridgehead atoms. The molecule has 0 amide bonds. The number of cyclic esters (lactones) is 1. The van der Waals surface area contributed by atoms with Crippen molar-refractivity contribution < 1.29 is 9.53 Å². The molecule has 0 aromatic heterocycles. The highest BCUT2D eigenvalue weighted by Gasteiger charge is 2.51. The minimum atomic E-state index is -0.814. The molecular weight excluding hydrogens is 262 g/mol. The van der Waals surface area contributed by atoms with Gasteiger partial charge in [0.05, 0.1) is 0 Å². The molecular formula is C18H21NO2. The van der Waals surface area contributed by atoms with E-state index in [1.54, 1.807) is 0 Å². The van der Waals surface area contributed by atoms with E-state index in [2.05, 4.69) is 6.08 Å². The predicted molar refractivity (Wildman–Crippen MR) is 83.2 cm³/mol. The smallest absolute Gasteiger partial charge is 0.345 e. The summed E-state index contributed by atoms with van der Waals surface area (Å²) >= 11 is 0. The van der Waals surface area contributed by atoms with Crippen LogP contribution < -0.4 is 0 Å². The lowest BCUT2D eigenvalue weighted by Crippen LogP contribution is -2.42. The molecule has 1 aliphatic heterocycles. The molecule has 1 atom stereocenters. The Labute approximate surface area is 125 Å². The highest BCUT2D eigenvalue weighted by molar-refractivity contribution is 6.09. The van der Waals surface area contributed by atoms with Gasteiger partial charge >= 0.3 is 5.97 Å². The molecule has 1 aliphatic carbocycles. The fraction of sp³-hybridized carbons (Fsp3) is 0.444. The highest BCUT2D eigenvalue weighted by atomic mass is 16.6. The van der Waals surface area contributed by atoms with Crippen LogP contribution in [0.25, 0.3) is 0 Å². The van der Waals surface area contributed by atoms with E-state index in [0.717, 1.165) is 30.4 Å². The molecule has 3 rings (SSSR count). The average molecular weight is 283 g/mol. The van der Waals surface area contributed by atoms with Crippen LogP contribution in [0.3, 0.4) is 0 Å². The van der Waals surface area contributed by atoms with Crippen LogP contribution in [-0.4, -0.2) is 17.4 Å². The van der Waals surface area contributed by atoms with E-state index < -0.39 is 5.54 Å². The number of nitrogens with zero attached hydrogens (tertiary/aromatic N) is 1. The van der Waals surface area contributed by atoms with E-state index >= 15 is 0 Å². The molecule has 3 heteroatoms. The van der Waals surface area contributed by atoms with Crippen LogP contribution in [0.1, 0.15) is 45.1 Å². The van der Waals surface area contributed by atoms with Gasteiger partial charge in [-0.25, -0.2) is 9.79 Å². The summed E-state index contributed by atoms with van der Waals surface area (Å²) in [6.07, 6.45) is 6.50. The van der Waals surface area contributed by atoms with Crippen molar-refractivity contribution in [3.63, 3.8) is 0 Å². The van der Waals surface area contributed by atoms with E-state index in [1.807, 2.05) is 44.2 Å². The number of carbonyl (C=O) groups is 1. The zero-order chi connectivity index (χ0) is 14.9. The molecule has 1 heterocycles. The van der Waals surface area contributed by atoms with Crippen molar-refractivity contribution in [1.29, 1.82) is 0 Å². The normalized spacial score (nSPS) is 25.6. The van der Waals surface area contributed by atoms with Crippen LogP contribution >= 0.6 is 0 Å². The summed E-state index contributed by atoms with van der Waals surface area (Å²) in [6.45, 7) is 4.10. The molecule has 2 aliphatic rings. The van der Waals surface area contributed by atoms with Gasteiger partial charge in [0.1, 0.15) is 0 Å². The minimum absolute atomic E-state index is 0.0931. The quantitative estimate of drug-likeness (QED) is 0.623. The van der Waals surface area contributed by atoms with Gasteiger partial charge in [0.15, 0.2) is 5.54 Å². The van der Waals surface area contributed by atoms with Crippen LogP contribution in [-0.2, 0) is 9.53 Å². The first-order chi connectivity index (χ1) is 10.1. The van der Waals surface area contributed by atoms with E-state index in [-0.39, 0.29) is 11.9 Å². The maximum atomic E-state index is 12.6. The largest absolute Gasteiger partial charge is 0.405 e. The van der Waals surface area contributed by atoms with Gasteiger partial charge in [-0.3, -0.25) is 0 Å². The fourth-order valence-electron chi connectivity index (χ4n) is 3.22. The van der Waals surface area contributed by atoms with Gasteiger partial charge in [0.2, 0.25) is 5.90 Å². The Morgan fingerprint density at radius 3 is 2.57 bits per heavy atom. The van der Waals surface area contributed by atoms with E-state index in [4.69, 9.17) is 9.73 Å². The molecule has 1 aromatic carbocycles. The molecule has 1 unspecified atom stereocenters. The Morgan fingerprint density at radius 1 is 1.19 bits per heavy atom. The lowest BCUT2D eigenvalue weighted by molar-refractivity contribution is -0.139. The van der Waals surface area contributed by atoms with Gasteiger partial charge in [-0.1, -0.05) is 38.1 Å². The highest BCUT2D eigenvalue weighted by Crippen LogP contribution is 2.41. The summed E-state index contributed by atoms with van der Waals surface area (Å²) in [4.78, 5) is 17.4. The van der Waals surface area contributed by atoms with Crippen molar-refractivity contribution in [1.82, 2.24) is 0 Å². The fourth-order valence-corrected chi connectivity index (χ4v) is 3.22. The molecule has 1 aromatic rings. The number of rotatable bonds is 3. The van der Waals surface area contributed by atoms with Crippen molar-refractivity contribution >= 4 is 11.9 Å². The first kappa shape index (κ1) is 14.1.